The van der Waals surface area contributed by atoms with Crippen LogP contribution >= 0.6 is 0 Å². The van der Waals surface area contributed by atoms with E-state index in [1.54, 1.807) is 13.8 Å². The minimum Gasteiger partial charge on any atom is -0.391 e. The maximum atomic E-state index is 11.8. The number of fused-ring (bicyclic) bond motifs is 1. The van der Waals surface area contributed by atoms with E-state index in [0.29, 0.717) is 0 Å². The second-order valence-electron chi connectivity index (χ2n) is 4.88. The number of nitrogens with zero attached hydrogens (tertiary/aromatic N) is 1. The molecule has 0 amide bonds. The summed E-state index contributed by atoms with van der Waals surface area (Å²) in [5, 5.41) is 10.8. The Labute approximate surface area is 107 Å². The lowest BCUT2D eigenvalue weighted by molar-refractivity contribution is 0.101. The second kappa shape index (κ2) is 4.58. The Bertz CT molecular complexity index is 596. The first-order valence-electron chi connectivity index (χ1n) is 6.23. The Morgan fingerprint density at radius 3 is 2.44 bits per heavy atom. The smallest absolute Gasteiger partial charge is 0.162 e. The van der Waals surface area contributed by atoms with Crippen LogP contribution in [-0.4, -0.2) is 21.6 Å². The highest BCUT2D eigenvalue weighted by Crippen LogP contribution is 2.30. The summed E-state index contributed by atoms with van der Waals surface area (Å²) in [7, 11) is 0. The van der Waals surface area contributed by atoms with Gasteiger partial charge in [0.05, 0.1) is 12.1 Å². The molecule has 1 aromatic carbocycles. The van der Waals surface area contributed by atoms with Gasteiger partial charge in [-0.15, -0.1) is 0 Å². The Balaban J connectivity index is 2.81. The highest BCUT2D eigenvalue weighted by Gasteiger charge is 2.21. The molecule has 0 aliphatic rings. The lowest BCUT2D eigenvalue weighted by Gasteiger charge is -2.20. The van der Waals surface area contributed by atoms with Crippen LogP contribution in [0.5, 0.6) is 0 Å². The van der Waals surface area contributed by atoms with Crippen molar-refractivity contribution < 1.29 is 9.90 Å². The van der Waals surface area contributed by atoms with Gasteiger partial charge in [0.25, 0.3) is 0 Å². The number of benzene rings is 1. The van der Waals surface area contributed by atoms with Gasteiger partial charge < -0.3 is 9.67 Å². The first-order chi connectivity index (χ1) is 8.45. The van der Waals surface area contributed by atoms with Crippen molar-refractivity contribution in [1.29, 1.82) is 0 Å². The molecule has 0 radical (unpaired) electrons. The van der Waals surface area contributed by atoms with Gasteiger partial charge >= 0.3 is 0 Å². The summed E-state index contributed by atoms with van der Waals surface area (Å²) in [6.07, 6.45) is -0.459. The number of carbonyl (C=O) groups excluding carboxylic acids is 1. The molecule has 3 heteroatoms. The monoisotopic (exact) mass is 245 g/mol. The number of hydrogen-bond donors (Lipinski definition) is 1. The van der Waals surface area contributed by atoms with Gasteiger partial charge in [-0.25, -0.2) is 0 Å². The quantitative estimate of drug-likeness (QED) is 0.844. The average molecular weight is 245 g/mol. The van der Waals surface area contributed by atoms with E-state index < -0.39 is 6.10 Å². The molecule has 0 saturated heterocycles. The molecule has 0 aliphatic heterocycles. The van der Waals surface area contributed by atoms with Crippen LogP contribution in [0.3, 0.4) is 0 Å². The molecule has 0 fully saturated rings. The third-order valence-corrected chi connectivity index (χ3v) is 3.61. The van der Waals surface area contributed by atoms with Gasteiger partial charge in [0, 0.05) is 22.2 Å². The van der Waals surface area contributed by atoms with Crippen molar-refractivity contribution >= 4 is 16.7 Å². The molecule has 0 aliphatic carbocycles. The molecule has 1 aromatic heterocycles. The second-order valence-corrected chi connectivity index (χ2v) is 4.88. The zero-order valence-electron chi connectivity index (χ0n) is 11.3. The molecule has 3 nitrogen and oxygen atoms in total. The molecule has 2 unspecified atom stereocenters. The number of carbonyl (C=O) groups is 1. The van der Waals surface area contributed by atoms with Gasteiger partial charge in [-0.2, -0.15) is 0 Å². The number of Topliss-reactive ketones (excluding diaryl/α,β-unsaturated/α-hetero) is 1. The van der Waals surface area contributed by atoms with Crippen molar-refractivity contribution in [2.24, 2.45) is 0 Å². The zero-order valence-corrected chi connectivity index (χ0v) is 11.3. The summed E-state index contributed by atoms with van der Waals surface area (Å²) < 4.78 is 2.05. The van der Waals surface area contributed by atoms with Crippen molar-refractivity contribution in [3.63, 3.8) is 0 Å². The first-order valence-corrected chi connectivity index (χ1v) is 6.23. The summed E-state index contributed by atoms with van der Waals surface area (Å²) in [5.41, 5.74) is 2.70. The van der Waals surface area contributed by atoms with Gasteiger partial charge in [-0.1, -0.05) is 18.2 Å². The number of ketones is 1. The minimum absolute atomic E-state index is 0.0528. The van der Waals surface area contributed by atoms with Crippen LogP contribution in [0.2, 0.25) is 0 Å². The van der Waals surface area contributed by atoms with E-state index in [4.69, 9.17) is 0 Å². The van der Waals surface area contributed by atoms with E-state index in [9.17, 15) is 9.90 Å². The van der Waals surface area contributed by atoms with Crippen LogP contribution in [0, 0.1) is 6.92 Å². The molecule has 96 valence electrons. The number of aliphatic hydroxyl groups excluding tert-OH is 1. The fraction of sp³-hybridized carbons (Fsp3) is 0.400. The van der Waals surface area contributed by atoms with Crippen LogP contribution in [0.25, 0.3) is 10.9 Å². The molecule has 0 saturated carbocycles. The molecule has 2 atom stereocenters. The zero-order chi connectivity index (χ0) is 13.4. The first kappa shape index (κ1) is 12.8. The van der Waals surface area contributed by atoms with E-state index >= 15 is 0 Å². The average Bonchev–Trinajstić information content (AvgIpc) is 2.60. The number of hydrogen-bond acceptors (Lipinski definition) is 2. The molecule has 18 heavy (non-hydrogen) atoms. The van der Waals surface area contributed by atoms with Gasteiger partial charge in [0.15, 0.2) is 5.78 Å². The van der Waals surface area contributed by atoms with Gasteiger partial charge in [-0.05, 0) is 33.8 Å². The van der Waals surface area contributed by atoms with Crippen LogP contribution < -0.4 is 0 Å². The molecule has 0 spiro atoms. The molecular weight excluding hydrogens is 226 g/mol. The SMILES string of the molecule is CC(=O)c1c(C)n(C(C)C(C)O)c2ccccc12. The summed E-state index contributed by atoms with van der Waals surface area (Å²) in [6.45, 7) is 7.27. The predicted molar refractivity (Wildman–Crippen MR) is 73.1 cm³/mol. The molecule has 2 aromatic rings. The Hall–Kier alpha value is -1.61. The molecule has 0 bridgehead atoms. The summed E-state index contributed by atoms with van der Waals surface area (Å²) >= 11 is 0. The van der Waals surface area contributed by atoms with Gasteiger partial charge in [0.2, 0.25) is 0 Å². The number of para-hydroxylation sites is 1. The lowest BCUT2D eigenvalue weighted by atomic mass is 10.1. The Morgan fingerprint density at radius 2 is 1.89 bits per heavy atom. The molecule has 2 rings (SSSR count). The number of rotatable bonds is 3. The fourth-order valence-corrected chi connectivity index (χ4v) is 2.58. The maximum Gasteiger partial charge on any atom is 0.162 e. The molecule has 1 heterocycles. The van der Waals surface area contributed by atoms with E-state index in [-0.39, 0.29) is 11.8 Å². The van der Waals surface area contributed by atoms with Crippen molar-refractivity contribution in [1.82, 2.24) is 4.57 Å². The number of aliphatic hydroxyl groups is 1. The Morgan fingerprint density at radius 1 is 1.28 bits per heavy atom. The van der Waals surface area contributed by atoms with E-state index in [1.807, 2.05) is 38.1 Å². The lowest BCUT2D eigenvalue weighted by Crippen LogP contribution is -2.19. The topological polar surface area (TPSA) is 42.2 Å². The minimum atomic E-state index is -0.459. The van der Waals surface area contributed by atoms with Gasteiger partial charge in [0.1, 0.15) is 0 Å². The fourth-order valence-electron chi connectivity index (χ4n) is 2.58. The third kappa shape index (κ3) is 1.85. The van der Waals surface area contributed by atoms with Gasteiger partial charge in [-0.3, -0.25) is 4.79 Å². The highest BCUT2D eigenvalue weighted by atomic mass is 16.3. The summed E-state index contributed by atoms with van der Waals surface area (Å²) in [6, 6.07) is 7.79. The Kier molecular flexibility index (Phi) is 3.26. The van der Waals surface area contributed by atoms with E-state index in [1.165, 1.54) is 0 Å². The summed E-state index contributed by atoms with van der Waals surface area (Å²) in [5.74, 6) is 0.0697. The number of aromatic nitrogens is 1. The maximum absolute atomic E-state index is 11.8. The predicted octanol–water partition coefficient (Wildman–Crippen LogP) is 3.09. The standard InChI is InChI=1S/C15H19NO2/c1-9(11(3)17)16-10(2)15(12(4)18)13-7-5-6-8-14(13)16/h5-9,11,17H,1-4H3. The van der Waals surface area contributed by atoms with Crippen LogP contribution in [0.15, 0.2) is 24.3 Å². The molecular formula is C15H19NO2. The van der Waals surface area contributed by atoms with Crippen LogP contribution in [0.1, 0.15) is 42.9 Å². The molecule has 1 N–H and O–H groups in total. The van der Waals surface area contributed by atoms with Crippen molar-refractivity contribution in [3.05, 3.63) is 35.5 Å². The van der Waals surface area contributed by atoms with Crippen molar-refractivity contribution in [3.8, 4) is 0 Å². The van der Waals surface area contributed by atoms with E-state index in [0.717, 1.165) is 22.2 Å². The van der Waals surface area contributed by atoms with Crippen LogP contribution in [-0.2, 0) is 0 Å². The summed E-state index contributed by atoms with van der Waals surface area (Å²) in [4.78, 5) is 11.8. The van der Waals surface area contributed by atoms with Crippen LogP contribution in [0.4, 0.5) is 0 Å². The largest absolute Gasteiger partial charge is 0.391 e. The highest BCUT2D eigenvalue weighted by molar-refractivity contribution is 6.08. The third-order valence-electron chi connectivity index (χ3n) is 3.61. The van der Waals surface area contributed by atoms with Crippen molar-refractivity contribution in [2.75, 3.05) is 0 Å². The van der Waals surface area contributed by atoms with Crippen molar-refractivity contribution in [2.45, 2.75) is 39.8 Å². The van der Waals surface area contributed by atoms with E-state index in [2.05, 4.69) is 4.57 Å². The normalized spacial score (nSPS) is 14.7.